The fourth-order valence-electron chi connectivity index (χ4n) is 1.09. The lowest BCUT2D eigenvalue weighted by Crippen LogP contribution is -2.05. The summed E-state index contributed by atoms with van der Waals surface area (Å²) in [5.41, 5.74) is 0.498. The Kier molecular flexibility index (Phi) is 3.69. The highest BCUT2D eigenvalue weighted by Gasteiger charge is 2.13. The number of nitriles is 1. The molecular weight excluding hydrogens is 262 g/mol. The zero-order valence-electron chi connectivity index (χ0n) is 7.95. The van der Waals surface area contributed by atoms with Gasteiger partial charge in [0.05, 0.1) is 13.5 Å². The van der Waals surface area contributed by atoms with Crippen molar-refractivity contribution in [3.05, 3.63) is 27.7 Å². The Hall–Kier alpha value is -1.54. The molecule has 0 saturated carbocycles. The van der Waals surface area contributed by atoms with Gasteiger partial charge in [-0.15, -0.1) is 0 Å². The number of rotatable bonds is 2. The summed E-state index contributed by atoms with van der Waals surface area (Å²) in [6.07, 6.45) is -0.0513. The standard InChI is InChI=1S/C10H8BrNO3/c1-15-9(13)4-6-2-3-8(11)7(5-12)10(6)14/h2-3,14H,4H2,1H3. The molecule has 0 spiro atoms. The predicted octanol–water partition coefficient (Wildman–Crippen LogP) is 1.74. The Morgan fingerprint density at radius 3 is 2.87 bits per heavy atom. The van der Waals surface area contributed by atoms with Crippen molar-refractivity contribution in [2.45, 2.75) is 6.42 Å². The molecule has 0 heterocycles. The third-order valence-corrected chi connectivity index (χ3v) is 2.55. The molecule has 0 amide bonds. The van der Waals surface area contributed by atoms with Crippen LogP contribution < -0.4 is 0 Å². The van der Waals surface area contributed by atoms with E-state index in [9.17, 15) is 9.90 Å². The van der Waals surface area contributed by atoms with E-state index in [1.807, 2.05) is 6.07 Å². The third kappa shape index (κ3) is 2.48. The van der Waals surface area contributed by atoms with E-state index in [1.165, 1.54) is 7.11 Å². The maximum absolute atomic E-state index is 11.0. The molecule has 0 saturated heterocycles. The Morgan fingerprint density at radius 1 is 1.67 bits per heavy atom. The number of carbonyl (C=O) groups excluding carboxylic acids is 1. The molecule has 5 heteroatoms. The lowest BCUT2D eigenvalue weighted by molar-refractivity contribution is -0.139. The van der Waals surface area contributed by atoms with Crippen LogP contribution in [0.1, 0.15) is 11.1 Å². The first-order chi connectivity index (χ1) is 7.10. The Bertz CT molecular complexity index is 437. The number of phenols is 1. The highest BCUT2D eigenvalue weighted by Crippen LogP contribution is 2.29. The first-order valence-corrected chi connectivity index (χ1v) is 4.86. The van der Waals surface area contributed by atoms with Crippen LogP contribution in [0, 0.1) is 11.3 Å². The molecule has 0 bridgehead atoms. The van der Waals surface area contributed by atoms with Crippen LogP contribution in [0.4, 0.5) is 0 Å². The van der Waals surface area contributed by atoms with Gasteiger partial charge in [-0.2, -0.15) is 5.26 Å². The second-order valence-corrected chi connectivity index (χ2v) is 3.65. The van der Waals surface area contributed by atoms with Crippen LogP contribution in [-0.2, 0) is 16.0 Å². The largest absolute Gasteiger partial charge is 0.506 e. The van der Waals surface area contributed by atoms with E-state index in [4.69, 9.17) is 5.26 Å². The Labute approximate surface area is 95.2 Å². The maximum atomic E-state index is 11.0. The normalized spacial score (nSPS) is 9.40. The summed E-state index contributed by atoms with van der Waals surface area (Å²) in [7, 11) is 1.27. The van der Waals surface area contributed by atoms with E-state index in [0.717, 1.165) is 0 Å². The average Bonchev–Trinajstić information content (AvgIpc) is 2.23. The van der Waals surface area contributed by atoms with Gasteiger partial charge in [-0.05, 0) is 22.0 Å². The van der Waals surface area contributed by atoms with Gasteiger partial charge in [0.1, 0.15) is 17.4 Å². The first-order valence-electron chi connectivity index (χ1n) is 4.07. The molecule has 1 aromatic carbocycles. The number of hydrogen-bond donors (Lipinski definition) is 1. The number of benzene rings is 1. The fourth-order valence-corrected chi connectivity index (χ4v) is 1.49. The van der Waals surface area contributed by atoms with Crippen molar-refractivity contribution in [2.75, 3.05) is 7.11 Å². The number of halogens is 1. The molecule has 15 heavy (non-hydrogen) atoms. The summed E-state index contributed by atoms with van der Waals surface area (Å²) in [5.74, 6) is -0.645. The van der Waals surface area contributed by atoms with Gasteiger partial charge in [-0.1, -0.05) is 6.07 Å². The van der Waals surface area contributed by atoms with Crippen LogP contribution in [0.2, 0.25) is 0 Å². The van der Waals surface area contributed by atoms with Crippen LogP contribution in [0.5, 0.6) is 5.75 Å². The Morgan fingerprint density at radius 2 is 2.33 bits per heavy atom. The minimum absolute atomic E-state index is 0.0513. The average molecular weight is 270 g/mol. The zero-order valence-corrected chi connectivity index (χ0v) is 9.54. The minimum atomic E-state index is -0.462. The number of ether oxygens (including phenoxy) is 1. The van der Waals surface area contributed by atoms with Crippen molar-refractivity contribution in [1.29, 1.82) is 5.26 Å². The molecule has 0 fully saturated rings. The van der Waals surface area contributed by atoms with Crippen LogP contribution in [0.15, 0.2) is 16.6 Å². The number of nitrogens with zero attached hydrogens (tertiary/aromatic N) is 1. The highest BCUT2D eigenvalue weighted by atomic mass is 79.9. The van der Waals surface area contributed by atoms with Gasteiger partial charge in [0.25, 0.3) is 0 Å². The summed E-state index contributed by atoms with van der Waals surface area (Å²) in [4.78, 5) is 11.0. The van der Waals surface area contributed by atoms with Gasteiger partial charge < -0.3 is 9.84 Å². The fraction of sp³-hybridized carbons (Fsp3) is 0.200. The van der Waals surface area contributed by atoms with Crippen molar-refractivity contribution in [3.8, 4) is 11.8 Å². The van der Waals surface area contributed by atoms with E-state index in [2.05, 4.69) is 20.7 Å². The van der Waals surface area contributed by atoms with Gasteiger partial charge in [0.15, 0.2) is 0 Å². The molecule has 4 nitrogen and oxygen atoms in total. The maximum Gasteiger partial charge on any atom is 0.310 e. The second-order valence-electron chi connectivity index (χ2n) is 2.79. The van der Waals surface area contributed by atoms with Crippen LogP contribution in [-0.4, -0.2) is 18.2 Å². The van der Waals surface area contributed by atoms with Gasteiger partial charge in [0, 0.05) is 10.0 Å². The Balaban J connectivity index is 3.12. The summed E-state index contributed by atoms with van der Waals surface area (Å²) in [6.45, 7) is 0. The molecule has 78 valence electrons. The van der Waals surface area contributed by atoms with Gasteiger partial charge in [-0.25, -0.2) is 0 Å². The number of esters is 1. The monoisotopic (exact) mass is 269 g/mol. The molecule has 1 aromatic rings. The topological polar surface area (TPSA) is 70.3 Å². The van der Waals surface area contributed by atoms with Crippen molar-refractivity contribution < 1.29 is 14.6 Å². The molecule has 1 N–H and O–H groups in total. The molecule has 0 atom stereocenters. The first kappa shape index (κ1) is 11.5. The van der Waals surface area contributed by atoms with Crippen molar-refractivity contribution in [3.63, 3.8) is 0 Å². The van der Waals surface area contributed by atoms with E-state index >= 15 is 0 Å². The van der Waals surface area contributed by atoms with Gasteiger partial charge in [0.2, 0.25) is 0 Å². The molecule has 0 aliphatic rings. The number of phenolic OH excluding ortho intramolecular Hbond substituents is 1. The SMILES string of the molecule is COC(=O)Cc1ccc(Br)c(C#N)c1O. The summed E-state index contributed by atoms with van der Waals surface area (Å²) >= 11 is 3.13. The quantitative estimate of drug-likeness (QED) is 0.831. The zero-order chi connectivity index (χ0) is 11.4. The van der Waals surface area contributed by atoms with Crippen molar-refractivity contribution >= 4 is 21.9 Å². The van der Waals surface area contributed by atoms with E-state index in [1.54, 1.807) is 12.1 Å². The predicted molar refractivity (Wildman–Crippen MR) is 56.2 cm³/mol. The summed E-state index contributed by atoms with van der Waals surface area (Å²) in [5, 5.41) is 18.4. The lowest BCUT2D eigenvalue weighted by atomic mass is 10.1. The second kappa shape index (κ2) is 4.80. The third-order valence-electron chi connectivity index (χ3n) is 1.88. The highest BCUT2D eigenvalue weighted by molar-refractivity contribution is 9.10. The van der Waals surface area contributed by atoms with Crippen molar-refractivity contribution in [2.24, 2.45) is 0 Å². The minimum Gasteiger partial charge on any atom is -0.506 e. The molecule has 0 unspecified atom stereocenters. The molecule has 1 rings (SSSR count). The summed E-state index contributed by atoms with van der Waals surface area (Å²) in [6, 6.07) is 5.02. The van der Waals surface area contributed by atoms with Gasteiger partial charge in [-0.3, -0.25) is 4.79 Å². The van der Waals surface area contributed by atoms with E-state index in [-0.39, 0.29) is 17.7 Å². The van der Waals surface area contributed by atoms with E-state index in [0.29, 0.717) is 10.0 Å². The number of aromatic hydroxyl groups is 1. The van der Waals surface area contributed by atoms with E-state index < -0.39 is 5.97 Å². The molecule has 0 radical (unpaired) electrons. The molecular formula is C10H8BrNO3. The number of carbonyl (C=O) groups is 1. The summed E-state index contributed by atoms with van der Waals surface area (Å²) < 4.78 is 4.96. The van der Waals surface area contributed by atoms with Gasteiger partial charge >= 0.3 is 5.97 Å². The molecule has 0 aliphatic carbocycles. The number of hydrogen-bond acceptors (Lipinski definition) is 4. The van der Waals surface area contributed by atoms with Crippen LogP contribution >= 0.6 is 15.9 Å². The molecule has 0 aliphatic heterocycles. The molecule has 0 aromatic heterocycles. The lowest BCUT2D eigenvalue weighted by Gasteiger charge is -2.05. The smallest absolute Gasteiger partial charge is 0.310 e. The van der Waals surface area contributed by atoms with Crippen LogP contribution in [0.3, 0.4) is 0 Å². The van der Waals surface area contributed by atoms with Crippen LogP contribution in [0.25, 0.3) is 0 Å². The van der Waals surface area contributed by atoms with Crippen molar-refractivity contribution in [1.82, 2.24) is 0 Å². The number of methoxy groups -OCH3 is 1.